The first-order valence-electron chi connectivity index (χ1n) is 23.3. The third-order valence-electron chi connectivity index (χ3n) is 13.7. The lowest BCUT2D eigenvalue weighted by molar-refractivity contribution is -0.136. The number of alkyl carbamates (subject to hydrolysis) is 2. The van der Waals surface area contributed by atoms with Crippen LogP contribution in [0.4, 0.5) is 14.0 Å². The van der Waals surface area contributed by atoms with E-state index in [-0.39, 0.29) is 41.3 Å². The maximum atomic E-state index is 16.9. The minimum atomic E-state index is -0.814. The first kappa shape index (κ1) is 44.6. The normalized spacial score (nSPS) is 19.8. The SMILES string of the molecule is COC(=O)N[C@H](C(=O)N1CCC[C@H]1c1ncc(-c2cc(F)c3c(c2)OC(c2cc(C4CC4)no2)n2c-3cc3cc(-c4cnc([C@@H]5CCCN5C(=O)[C@@H](NC(=O)OC)C(C)C)[nH]4)ccc32)[nH]1)C(C)C. The van der Waals surface area contributed by atoms with Gasteiger partial charge in [-0.3, -0.25) is 14.2 Å². The summed E-state index contributed by atoms with van der Waals surface area (Å²) in [6, 6.07) is 10.9. The van der Waals surface area contributed by atoms with Crippen LogP contribution in [-0.2, 0) is 19.1 Å². The van der Waals surface area contributed by atoms with Crippen LogP contribution in [0.25, 0.3) is 44.7 Å². The Bertz CT molecular complexity index is 2910. The van der Waals surface area contributed by atoms with E-state index >= 15 is 4.39 Å². The Hall–Kier alpha value is -7.18. The van der Waals surface area contributed by atoms with E-state index in [2.05, 4.69) is 30.7 Å². The Morgan fingerprint density at radius 1 is 0.765 bits per heavy atom. The summed E-state index contributed by atoms with van der Waals surface area (Å²) < 4.78 is 41.1. The molecule has 5 atom stereocenters. The summed E-state index contributed by atoms with van der Waals surface area (Å²) >= 11 is 0. The molecule has 7 heterocycles. The Balaban J connectivity index is 0.963. The molecule has 0 bridgehead atoms. The van der Waals surface area contributed by atoms with Gasteiger partial charge >= 0.3 is 12.2 Å². The highest BCUT2D eigenvalue weighted by atomic mass is 19.1. The van der Waals surface area contributed by atoms with Crippen LogP contribution >= 0.6 is 0 Å². The van der Waals surface area contributed by atoms with Crippen LogP contribution in [0.2, 0.25) is 0 Å². The number of benzene rings is 2. The van der Waals surface area contributed by atoms with Crippen molar-refractivity contribution in [3.05, 3.63) is 83.8 Å². The summed E-state index contributed by atoms with van der Waals surface area (Å²) in [5.74, 6) is 1.06. The highest BCUT2D eigenvalue weighted by Gasteiger charge is 2.40. The number of imidazole rings is 2. The fourth-order valence-corrected chi connectivity index (χ4v) is 9.97. The molecule has 0 spiro atoms. The van der Waals surface area contributed by atoms with Crippen molar-refractivity contribution in [1.29, 1.82) is 0 Å². The van der Waals surface area contributed by atoms with Crippen molar-refractivity contribution in [2.75, 3.05) is 27.3 Å². The second-order valence-electron chi connectivity index (χ2n) is 18.9. The molecule has 18 nitrogen and oxygen atoms in total. The number of nitrogens with zero attached hydrogens (tertiary/aromatic N) is 6. The molecule has 3 fully saturated rings. The van der Waals surface area contributed by atoms with Gasteiger partial charge in [0.2, 0.25) is 18.0 Å². The molecule has 2 saturated heterocycles. The number of aromatic nitrogens is 6. The van der Waals surface area contributed by atoms with Gasteiger partial charge in [0, 0.05) is 41.6 Å². The van der Waals surface area contributed by atoms with Gasteiger partial charge < -0.3 is 49.1 Å². The number of halogens is 1. The number of methoxy groups -OCH3 is 2. The van der Waals surface area contributed by atoms with Gasteiger partial charge in [0.25, 0.3) is 0 Å². The number of nitrogens with one attached hydrogen (secondary N) is 4. The maximum absolute atomic E-state index is 16.9. The quantitative estimate of drug-likeness (QED) is 0.0919. The molecule has 4 N–H and O–H groups in total. The second-order valence-corrected chi connectivity index (χ2v) is 18.9. The molecule has 3 aliphatic heterocycles. The van der Waals surface area contributed by atoms with Gasteiger partial charge in [0.05, 0.1) is 72.6 Å². The van der Waals surface area contributed by atoms with E-state index in [1.165, 1.54) is 20.3 Å². The summed E-state index contributed by atoms with van der Waals surface area (Å²) in [6.45, 7) is 8.52. The Kier molecular flexibility index (Phi) is 11.7. The van der Waals surface area contributed by atoms with E-state index in [0.29, 0.717) is 72.0 Å². The summed E-state index contributed by atoms with van der Waals surface area (Å²) in [6.07, 6.45) is 6.22. The van der Waals surface area contributed by atoms with E-state index in [4.69, 9.17) is 23.7 Å². The van der Waals surface area contributed by atoms with Crippen molar-refractivity contribution in [2.45, 2.75) is 103 Å². The third kappa shape index (κ3) is 8.10. The van der Waals surface area contributed by atoms with Crippen LogP contribution in [0, 0.1) is 17.7 Å². The van der Waals surface area contributed by atoms with Crippen LogP contribution in [0.5, 0.6) is 5.75 Å². The highest BCUT2D eigenvalue weighted by Crippen LogP contribution is 2.49. The average Bonchev–Trinajstić information content (AvgIpc) is 4.05. The van der Waals surface area contributed by atoms with Gasteiger partial charge in [-0.2, -0.15) is 0 Å². The Labute approximate surface area is 391 Å². The topological polar surface area (TPSA) is 215 Å². The van der Waals surface area contributed by atoms with E-state index in [1.54, 1.807) is 28.3 Å². The van der Waals surface area contributed by atoms with Crippen LogP contribution < -0.4 is 15.4 Å². The van der Waals surface area contributed by atoms with Crippen molar-refractivity contribution in [3.8, 4) is 39.5 Å². The second kappa shape index (κ2) is 17.8. The first-order chi connectivity index (χ1) is 32.8. The standard InChI is InChI=1S/C49H55FN10O8/c1-24(2)41(55-48(63)65-5)45(61)58-15-7-9-35(58)43-51-22-32(53-43)27-13-14-34-29(17-27)19-37-40-30(50)18-28(20-38(40)67-47(60(34)37)39-21-31(57-68-39)26-11-12-26)33-23-52-44(54-33)36-10-8-16-59(36)46(62)42(25(3)4)56-49(64)66-6/h13-14,17-26,35-36,41-42,47H,7-12,15-16H2,1-6H3,(H,51,53)(H,52,54)(H,55,63)(H,56,64)/t35-,36-,41-,42-,47?/m0/s1. The molecule has 1 unspecified atom stereocenters. The van der Waals surface area contributed by atoms with Gasteiger partial charge in [-0.25, -0.2) is 23.9 Å². The fourth-order valence-electron chi connectivity index (χ4n) is 9.97. The first-order valence-corrected chi connectivity index (χ1v) is 23.3. The van der Waals surface area contributed by atoms with E-state index in [9.17, 15) is 19.2 Å². The lowest BCUT2D eigenvalue weighted by Crippen LogP contribution is -2.51. The molecule has 6 aromatic rings. The van der Waals surface area contributed by atoms with E-state index in [0.717, 1.165) is 53.5 Å². The number of aromatic amines is 2. The molecule has 10 rings (SSSR count). The van der Waals surface area contributed by atoms with Gasteiger partial charge in [-0.05, 0) is 80.7 Å². The number of rotatable bonds is 12. The number of hydrogen-bond donors (Lipinski definition) is 4. The highest BCUT2D eigenvalue weighted by molar-refractivity contribution is 5.93. The summed E-state index contributed by atoms with van der Waals surface area (Å²) in [7, 11) is 2.54. The number of fused-ring (bicyclic) bond motifs is 5. The minimum absolute atomic E-state index is 0.159. The predicted molar refractivity (Wildman–Crippen MR) is 245 cm³/mol. The molecular formula is C49H55FN10O8. The largest absolute Gasteiger partial charge is 0.462 e. The predicted octanol–water partition coefficient (Wildman–Crippen LogP) is 8.12. The number of hydrogen-bond acceptors (Lipinski definition) is 11. The molecule has 4 aliphatic rings. The molecule has 4 amide bonds. The van der Waals surface area contributed by atoms with Gasteiger partial charge in [0.15, 0.2) is 5.76 Å². The number of likely N-dealkylation sites (tertiary alicyclic amines) is 2. The molecule has 19 heteroatoms. The number of H-pyrrole nitrogens is 2. The third-order valence-corrected chi connectivity index (χ3v) is 13.7. The van der Waals surface area contributed by atoms with Crippen molar-refractivity contribution in [2.24, 2.45) is 11.8 Å². The smallest absolute Gasteiger partial charge is 0.407 e. The molecule has 1 aliphatic carbocycles. The zero-order valence-corrected chi connectivity index (χ0v) is 38.8. The van der Waals surface area contributed by atoms with Crippen LogP contribution in [0.15, 0.2) is 59.4 Å². The molecule has 356 valence electrons. The minimum Gasteiger partial charge on any atom is -0.462 e. The summed E-state index contributed by atoms with van der Waals surface area (Å²) in [5, 5.41) is 10.6. The van der Waals surface area contributed by atoms with Gasteiger partial charge in [-0.15, -0.1) is 0 Å². The number of carbonyl (C=O) groups is 4. The average molecular weight is 931 g/mol. The van der Waals surface area contributed by atoms with Gasteiger partial charge in [-0.1, -0.05) is 38.9 Å². The molecular weight excluding hydrogens is 876 g/mol. The zero-order valence-electron chi connectivity index (χ0n) is 38.8. The van der Waals surface area contributed by atoms with Crippen molar-refractivity contribution in [1.82, 2.24) is 50.1 Å². The van der Waals surface area contributed by atoms with Gasteiger partial charge in [0.1, 0.15) is 35.3 Å². The van der Waals surface area contributed by atoms with Crippen LogP contribution in [0.3, 0.4) is 0 Å². The van der Waals surface area contributed by atoms with E-state index < -0.39 is 36.3 Å². The Morgan fingerprint density at radius 2 is 1.35 bits per heavy atom. The molecule has 68 heavy (non-hydrogen) atoms. The van der Waals surface area contributed by atoms with Crippen LogP contribution in [-0.4, -0.2) is 103 Å². The fraction of sp³-hybridized carbons (Fsp3) is 0.449. The molecule has 2 aromatic carbocycles. The number of carbonyl (C=O) groups excluding carboxylic acids is 4. The number of amides is 4. The monoisotopic (exact) mass is 930 g/mol. The Morgan fingerprint density at radius 3 is 1.91 bits per heavy atom. The lowest BCUT2D eigenvalue weighted by Gasteiger charge is -2.30. The van der Waals surface area contributed by atoms with Crippen molar-refractivity contribution in [3.63, 3.8) is 0 Å². The number of ether oxygens (including phenoxy) is 3. The summed E-state index contributed by atoms with van der Waals surface area (Å²) in [5.41, 5.74) is 5.14. The maximum Gasteiger partial charge on any atom is 0.407 e. The molecule has 0 radical (unpaired) electrons. The molecule has 4 aromatic heterocycles. The molecule has 1 saturated carbocycles. The zero-order chi connectivity index (χ0) is 47.5. The van der Waals surface area contributed by atoms with Crippen LogP contribution in [0.1, 0.15) is 114 Å². The van der Waals surface area contributed by atoms with Crippen molar-refractivity contribution < 1.29 is 42.3 Å². The van der Waals surface area contributed by atoms with Crippen molar-refractivity contribution >= 4 is 34.9 Å². The lowest BCUT2D eigenvalue weighted by atomic mass is 10.0. The summed E-state index contributed by atoms with van der Waals surface area (Å²) in [4.78, 5) is 71.6. The van der Waals surface area contributed by atoms with E-state index in [1.807, 2.05) is 62.6 Å².